The molecule has 0 aliphatic rings. The van der Waals surface area contributed by atoms with Crippen LogP contribution in [0.2, 0.25) is 0 Å². The van der Waals surface area contributed by atoms with Crippen molar-refractivity contribution in [2.75, 3.05) is 0 Å². The number of carbonyl (C=O) groups excluding carboxylic acids is 1. The van der Waals surface area contributed by atoms with Crippen molar-refractivity contribution in [2.24, 2.45) is 0 Å². The van der Waals surface area contributed by atoms with E-state index in [0.717, 1.165) is 27.6 Å². The first-order chi connectivity index (χ1) is 9.25. The van der Waals surface area contributed by atoms with Gasteiger partial charge in [-0.05, 0) is 18.6 Å². The Kier molecular flexibility index (Phi) is 2.84. The summed E-state index contributed by atoms with van der Waals surface area (Å²) in [6, 6.07) is 17.8. The lowest BCUT2D eigenvalue weighted by molar-refractivity contribution is 0.101. The van der Waals surface area contributed by atoms with E-state index in [0.29, 0.717) is 0 Å². The van der Waals surface area contributed by atoms with E-state index < -0.39 is 0 Å². The maximum atomic E-state index is 11.3. The zero-order valence-corrected chi connectivity index (χ0v) is 10.6. The number of nitrogens with zero attached hydrogens (tertiary/aromatic N) is 1. The molecule has 2 nitrogen and oxygen atoms in total. The van der Waals surface area contributed by atoms with E-state index in [1.54, 1.807) is 13.1 Å². The van der Waals surface area contributed by atoms with Crippen LogP contribution in [0.15, 0.2) is 60.8 Å². The van der Waals surface area contributed by atoms with Gasteiger partial charge >= 0.3 is 0 Å². The van der Waals surface area contributed by atoms with Crippen LogP contribution in [-0.2, 0) is 0 Å². The summed E-state index contributed by atoms with van der Waals surface area (Å²) in [6.45, 7) is 1.58. The van der Waals surface area contributed by atoms with Crippen LogP contribution in [0.25, 0.3) is 22.0 Å². The number of carbonyl (C=O) groups is 1. The van der Waals surface area contributed by atoms with Crippen molar-refractivity contribution < 1.29 is 4.79 Å². The minimum atomic E-state index is 0.0857. The molecule has 2 heteroatoms. The first-order valence-electron chi connectivity index (χ1n) is 6.21. The highest BCUT2D eigenvalue weighted by Crippen LogP contribution is 2.27. The second kappa shape index (κ2) is 4.65. The zero-order valence-electron chi connectivity index (χ0n) is 10.6. The molecule has 0 aliphatic carbocycles. The molecule has 0 radical (unpaired) electrons. The third-order valence-electron chi connectivity index (χ3n) is 3.24. The fourth-order valence-electron chi connectivity index (χ4n) is 2.22. The van der Waals surface area contributed by atoms with E-state index in [4.69, 9.17) is 0 Å². The van der Waals surface area contributed by atoms with Crippen LogP contribution in [0.5, 0.6) is 0 Å². The van der Waals surface area contributed by atoms with Crippen LogP contribution in [0.3, 0.4) is 0 Å². The van der Waals surface area contributed by atoms with Gasteiger partial charge in [0.25, 0.3) is 0 Å². The number of pyridine rings is 1. The summed E-state index contributed by atoms with van der Waals surface area (Å²) in [6.07, 6.45) is 1.80. The second-order valence-corrected chi connectivity index (χ2v) is 4.51. The number of Topliss-reactive ketones (excluding diaryl/α,β-unsaturated/α-hetero) is 1. The Morgan fingerprint density at radius 1 is 0.947 bits per heavy atom. The first kappa shape index (κ1) is 11.6. The molecule has 0 fully saturated rings. The maximum Gasteiger partial charge on any atom is 0.159 e. The minimum absolute atomic E-state index is 0.0857. The van der Waals surface area contributed by atoms with Gasteiger partial charge in [0, 0.05) is 22.7 Å². The number of hydrogen-bond acceptors (Lipinski definition) is 2. The number of rotatable bonds is 2. The molecule has 1 aromatic heterocycles. The molecular weight excluding hydrogens is 234 g/mol. The van der Waals surface area contributed by atoms with Crippen LogP contribution in [0, 0.1) is 0 Å². The molecule has 0 saturated heterocycles. The summed E-state index contributed by atoms with van der Waals surface area (Å²) in [5.74, 6) is 0.0857. The van der Waals surface area contributed by atoms with E-state index in [2.05, 4.69) is 23.2 Å². The van der Waals surface area contributed by atoms with Gasteiger partial charge in [0.1, 0.15) is 0 Å². The molecule has 0 saturated carbocycles. The lowest BCUT2D eigenvalue weighted by atomic mass is 10.00. The van der Waals surface area contributed by atoms with Gasteiger partial charge < -0.3 is 0 Å². The summed E-state index contributed by atoms with van der Waals surface area (Å²) < 4.78 is 0. The van der Waals surface area contributed by atoms with Gasteiger partial charge in [0.15, 0.2) is 5.78 Å². The van der Waals surface area contributed by atoms with Gasteiger partial charge in [0.05, 0.1) is 5.52 Å². The fraction of sp³-hybridized carbons (Fsp3) is 0.0588. The van der Waals surface area contributed by atoms with Crippen molar-refractivity contribution >= 4 is 16.7 Å². The van der Waals surface area contributed by atoms with Crippen molar-refractivity contribution in [3.63, 3.8) is 0 Å². The zero-order chi connectivity index (χ0) is 13.2. The van der Waals surface area contributed by atoms with Crippen molar-refractivity contribution in [3.05, 3.63) is 66.4 Å². The Morgan fingerprint density at radius 2 is 1.68 bits per heavy atom. The number of hydrogen-bond donors (Lipinski definition) is 0. The second-order valence-electron chi connectivity index (χ2n) is 4.51. The quantitative estimate of drug-likeness (QED) is 0.638. The Hall–Kier alpha value is -2.48. The summed E-state index contributed by atoms with van der Waals surface area (Å²) in [5.41, 5.74) is 3.89. The van der Waals surface area contributed by atoms with E-state index in [1.165, 1.54) is 0 Å². The van der Waals surface area contributed by atoms with Crippen molar-refractivity contribution in [1.29, 1.82) is 0 Å². The van der Waals surface area contributed by atoms with Crippen LogP contribution in [0.1, 0.15) is 17.3 Å². The van der Waals surface area contributed by atoms with E-state index >= 15 is 0 Å². The molecule has 3 rings (SSSR count). The Labute approximate surface area is 111 Å². The van der Waals surface area contributed by atoms with Gasteiger partial charge in [0.2, 0.25) is 0 Å². The smallest absolute Gasteiger partial charge is 0.159 e. The molecule has 0 aliphatic heterocycles. The number of benzene rings is 2. The molecule has 0 spiro atoms. The highest BCUT2D eigenvalue weighted by molar-refractivity contribution is 5.96. The SMILES string of the molecule is CC(=O)c1ccc(-c2cccc3cccnc23)cc1. The Balaban J connectivity index is 2.16. The number of para-hydroxylation sites is 1. The Bertz CT molecular complexity index is 739. The van der Waals surface area contributed by atoms with Crippen LogP contribution < -0.4 is 0 Å². The lowest BCUT2D eigenvalue weighted by Gasteiger charge is -2.06. The van der Waals surface area contributed by atoms with E-state index in [1.807, 2.05) is 36.4 Å². The molecule has 92 valence electrons. The summed E-state index contributed by atoms with van der Waals surface area (Å²) >= 11 is 0. The molecule has 0 amide bonds. The largest absolute Gasteiger partial charge is 0.295 e. The van der Waals surface area contributed by atoms with Gasteiger partial charge in [-0.1, -0.05) is 48.5 Å². The normalized spacial score (nSPS) is 10.6. The number of aromatic nitrogens is 1. The molecule has 3 aromatic rings. The van der Waals surface area contributed by atoms with Gasteiger partial charge in [-0.15, -0.1) is 0 Å². The molecule has 0 bridgehead atoms. The molecule has 0 unspecified atom stereocenters. The molecule has 1 heterocycles. The van der Waals surface area contributed by atoms with E-state index in [-0.39, 0.29) is 5.78 Å². The summed E-state index contributed by atoms with van der Waals surface area (Å²) in [7, 11) is 0. The van der Waals surface area contributed by atoms with Crippen LogP contribution >= 0.6 is 0 Å². The number of fused-ring (bicyclic) bond motifs is 1. The Morgan fingerprint density at radius 3 is 2.42 bits per heavy atom. The topological polar surface area (TPSA) is 30.0 Å². The van der Waals surface area contributed by atoms with Crippen molar-refractivity contribution in [1.82, 2.24) is 4.98 Å². The maximum absolute atomic E-state index is 11.3. The average Bonchev–Trinajstić information content (AvgIpc) is 2.47. The molecule has 0 N–H and O–H groups in total. The molecular formula is C17H13NO. The van der Waals surface area contributed by atoms with Gasteiger partial charge in [-0.3, -0.25) is 9.78 Å². The molecule has 0 atom stereocenters. The third-order valence-corrected chi connectivity index (χ3v) is 3.24. The molecule has 2 aromatic carbocycles. The average molecular weight is 247 g/mol. The van der Waals surface area contributed by atoms with Gasteiger partial charge in [-0.25, -0.2) is 0 Å². The highest BCUT2D eigenvalue weighted by Gasteiger charge is 2.05. The van der Waals surface area contributed by atoms with Crippen LogP contribution in [0.4, 0.5) is 0 Å². The standard InChI is InChI=1S/C17H13NO/c1-12(19)13-7-9-14(10-8-13)16-6-2-4-15-5-3-11-18-17(15)16/h2-11H,1H3. The monoisotopic (exact) mass is 247 g/mol. The lowest BCUT2D eigenvalue weighted by Crippen LogP contribution is -1.91. The predicted octanol–water partition coefficient (Wildman–Crippen LogP) is 4.10. The molecule has 19 heavy (non-hydrogen) atoms. The predicted molar refractivity (Wildman–Crippen MR) is 77.2 cm³/mol. The number of ketones is 1. The van der Waals surface area contributed by atoms with E-state index in [9.17, 15) is 4.79 Å². The summed E-state index contributed by atoms with van der Waals surface area (Å²) in [5, 5.41) is 1.12. The highest BCUT2D eigenvalue weighted by atomic mass is 16.1. The minimum Gasteiger partial charge on any atom is -0.295 e. The summed E-state index contributed by atoms with van der Waals surface area (Å²) in [4.78, 5) is 15.7. The fourth-order valence-corrected chi connectivity index (χ4v) is 2.22. The van der Waals surface area contributed by atoms with Gasteiger partial charge in [-0.2, -0.15) is 0 Å². The van der Waals surface area contributed by atoms with Crippen LogP contribution in [-0.4, -0.2) is 10.8 Å². The van der Waals surface area contributed by atoms with Crippen molar-refractivity contribution in [2.45, 2.75) is 6.92 Å². The third kappa shape index (κ3) is 2.13. The first-order valence-corrected chi connectivity index (χ1v) is 6.21. The van der Waals surface area contributed by atoms with Crippen molar-refractivity contribution in [3.8, 4) is 11.1 Å².